The van der Waals surface area contributed by atoms with E-state index in [1.165, 1.54) is 0 Å². The number of hydrogen-bond acceptors (Lipinski definition) is 5. The topological polar surface area (TPSA) is 98.9 Å². The molecule has 0 saturated carbocycles. The molecule has 0 unspecified atom stereocenters. The minimum absolute atomic E-state index is 0.145. The Morgan fingerprint density at radius 2 is 1.64 bits per heavy atom. The maximum Gasteiger partial charge on any atom is 0.335 e. The number of carboxylic acids is 2. The van der Waals surface area contributed by atoms with Gasteiger partial charge in [0.1, 0.15) is 6.04 Å². The van der Waals surface area contributed by atoms with Crippen LogP contribution in [-0.4, -0.2) is 67.7 Å². The van der Waals surface area contributed by atoms with Gasteiger partial charge in [-0.25, -0.2) is 4.79 Å². The Labute approximate surface area is 209 Å². The number of carboxylic acid groups (broad SMARTS) is 2. The summed E-state index contributed by atoms with van der Waals surface area (Å²) >= 11 is 0. The molecule has 0 amide bonds. The third-order valence-corrected chi connectivity index (χ3v) is 6.78. The van der Waals surface area contributed by atoms with E-state index in [2.05, 4.69) is 9.88 Å². The zero-order valence-corrected chi connectivity index (χ0v) is 19.8. The van der Waals surface area contributed by atoms with Crippen LogP contribution < -0.4 is 0 Å². The third kappa shape index (κ3) is 5.00. The second-order valence-corrected chi connectivity index (χ2v) is 9.15. The Morgan fingerprint density at radius 1 is 0.889 bits per heavy atom. The van der Waals surface area contributed by atoms with E-state index in [9.17, 15) is 19.8 Å². The highest BCUT2D eigenvalue weighted by molar-refractivity contribution is 5.96. The molecule has 5 rings (SSSR count). The molecule has 1 fully saturated rings. The van der Waals surface area contributed by atoms with Gasteiger partial charge in [-0.15, -0.1) is 0 Å². The van der Waals surface area contributed by atoms with Crippen LogP contribution in [0.3, 0.4) is 0 Å². The molecule has 184 valence electrons. The number of fused-ring (bicyclic) bond motifs is 1. The van der Waals surface area contributed by atoms with Gasteiger partial charge in [-0.05, 0) is 35.4 Å². The van der Waals surface area contributed by atoms with E-state index in [1.807, 2.05) is 64.3 Å². The van der Waals surface area contributed by atoms with Crippen molar-refractivity contribution in [3.63, 3.8) is 0 Å². The molecule has 0 aliphatic carbocycles. The first-order valence-corrected chi connectivity index (χ1v) is 12.0. The Kier molecular flexibility index (Phi) is 6.79. The van der Waals surface area contributed by atoms with Gasteiger partial charge in [-0.3, -0.25) is 19.6 Å². The van der Waals surface area contributed by atoms with Gasteiger partial charge in [0.05, 0.1) is 5.56 Å². The van der Waals surface area contributed by atoms with Gasteiger partial charge >= 0.3 is 11.9 Å². The zero-order chi connectivity index (χ0) is 25.1. The van der Waals surface area contributed by atoms with Crippen LogP contribution >= 0.6 is 0 Å². The van der Waals surface area contributed by atoms with E-state index in [0.29, 0.717) is 30.6 Å². The monoisotopic (exact) mass is 484 g/mol. The van der Waals surface area contributed by atoms with Crippen molar-refractivity contribution in [2.45, 2.75) is 19.1 Å². The summed E-state index contributed by atoms with van der Waals surface area (Å²) in [5.74, 6) is -1.97. The number of piperazine rings is 1. The fraction of sp³-hybridized carbons (Fsp3) is 0.250. The van der Waals surface area contributed by atoms with Gasteiger partial charge in [-0.2, -0.15) is 0 Å². The first-order chi connectivity index (χ1) is 17.5. The molecule has 1 atom stereocenters. The standard InChI is InChI=1S/C28H28N4O4/c33-27(34)22-8-9-25-23(15-22)24(19-32(25)18-20-5-2-1-3-6-20)26(28(35)36)31-13-11-30(12-14-31)17-21-7-4-10-29-16-21/h1-10,15-16,19,26H,11-14,17-18H2,(H,33,34)(H,35,36)/t26-/m0/s1. The summed E-state index contributed by atoms with van der Waals surface area (Å²) in [4.78, 5) is 32.8. The van der Waals surface area contributed by atoms with Crippen LogP contribution in [0, 0.1) is 0 Å². The summed E-state index contributed by atoms with van der Waals surface area (Å²) in [5.41, 5.74) is 3.80. The lowest BCUT2D eigenvalue weighted by molar-refractivity contribution is -0.144. The van der Waals surface area contributed by atoms with E-state index in [-0.39, 0.29) is 5.56 Å². The van der Waals surface area contributed by atoms with Crippen LogP contribution in [-0.2, 0) is 17.9 Å². The number of aromatic carboxylic acids is 1. The van der Waals surface area contributed by atoms with Crippen LogP contribution in [0.5, 0.6) is 0 Å². The molecular weight excluding hydrogens is 456 g/mol. The lowest BCUT2D eigenvalue weighted by Crippen LogP contribution is -2.48. The predicted octanol–water partition coefficient (Wildman–Crippen LogP) is 3.73. The Morgan fingerprint density at radius 3 is 2.31 bits per heavy atom. The van der Waals surface area contributed by atoms with Crippen LogP contribution in [0.4, 0.5) is 0 Å². The number of aromatic nitrogens is 2. The molecule has 8 nitrogen and oxygen atoms in total. The smallest absolute Gasteiger partial charge is 0.335 e. The van der Waals surface area contributed by atoms with Crippen LogP contribution in [0.25, 0.3) is 10.9 Å². The van der Waals surface area contributed by atoms with Gasteiger partial charge in [-0.1, -0.05) is 36.4 Å². The highest BCUT2D eigenvalue weighted by atomic mass is 16.4. The summed E-state index contributed by atoms with van der Waals surface area (Å²) < 4.78 is 2.01. The molecule has 2 aromatic carbocycles. The molecule has 1 aliphatic rings. The van der Waals surface area contributed by atoms with Crippen molar-refractivity contribution in [1.82, 2.24) is 19.4 Å². The predicted molar refractivity (Wildman–Crippen MR) is 136 cm³/mol. The lowest BCUT2D eigenvalue weighted by Gasteiger charge is -2.37. The average Bonchev–Trinajstić information content (AvgIpc) is 3.23. The van der Waals surface area contributed by atoms with Crippen LogP contribution in [0.15, 0.2) is 79.3 Å². The maximum atomic E-state index is 12.6. The Balaban J connectivity index is 1.45. The number of pyridine rings is 1. The van der Waals surface area contributed by atoms with E-state index >= 15 is 0 Å². The fourth-order valence-corrected chi connectivity index (χ4v) is 5.00. The fourth-order valence-electron chi connectivity index (χ4n) is 5.00. The van der Waals surface area contributed by atoms with Crippen LogP contribution in [0.2, 0.25) is 0 Å². The largest absolute Gasteiger partial charge is 0.480 e. The van der Waals surface area contributed by atoms with Crippen molar-refractivity contribution in [1.29, 1.82) is 0 Å². The van der Waals surface area contributed by atoms with E-state index < -0.39 is 18.0 Å². The molecule has 1 aliphatic heterocycles. The first-order valence-electron chi connectivity index (χ1n) is 12.0. The maximum absolute atomic E-state index is 12.6. The number of hydrogen-bond donors (Lipinski definition) is 2. The number of benzene rings is 2. The summed E-state index contributed by atoms with van der Waals surface area (Å²) in [6.45, 7) is 4.01. The molecule has 3 heterocycles. The summed E-state index contributed by atoms with van der Waals surface area (Å²) in [5, 5.41) is 20.6. The van der Waals surface area contributed by atoms with Crippen molar-refractivity contribution >= 4 is 22.8 Å². The molecule has 2 N–H and O–H groups in total. The van der Waals surface area contributed by atoms with Crippen molar-refractivity contribution in [3.8, 4) is 0 Å². The summed E-state index contributed by atoms with van der Waals surface area (Å²) in [7, 11) is 0. The van der Waals surface area contributed by atoms with Gasteiger partial charge in [0.15, 0.2) is 0 Å². The molecule has 2 aromatic heterocycles. The quantitative estimate of drug-likeness (QED) is 0.393. The number of aliphatic carboxylic acids is 1. The van der Waals surface area contributed by atoms with E-state index in [1.54, 1.807) is 24.4 Å². The minimum Gasteiger partial charge on any atom is -0.480 e. The van der Waals surface area contributed by atoms with Crippen molar-refractivity contribution in [2.75, 3.05) is 26.2 Å². The number of rotatable bonds is 8. The van der Waals surface area contributed by atoms with E-state index in [0.717, 1.165) is 36.3 Å². The molecule has 36 heavy (non-hydrogen) atoms. The van der Waals surface area contributed by atoms with Gasteiger partial charge in [0.25, 0.3) is 0 Å². The lowest BCUT2D eigenvalue weighted by atomic mass is 10.0. The van der Waals surface area contributed by atoms with Gasteiger partial charge in [0, 0.05) is 74.3 Å². The molecule has 8 heteroatoms. The highest BCUT2D eigenvalue weighted by Crippen LogP contribution is 2.33. The highest BCUT2D eigenvalue weighted by Gasteiger charge is 2.33. The van der Waals surface area contributed by atoms with Crippen LogP contribution in [0.1, 0.15) is 33.1 Å². The second kappa shape index (κ2) is 10.3. The molecule has 0 radical (unpaired) electrons. The van der Waals surface area contributed by atoms with Gasteiger partial charge in [0.2, 0.25) is 0 Å². The third-order valence-electron chi connectivity index (χ3n) is 6.78. The number of nitrogens with zero attached hydrogens (tertiary/aromatic N) is 4. The zero-order valence-electron chi connectivity index (χ0n) is 19.8. The minimum atomic E-state index is -1.03. The average molecular weight is 485 g/mol. The summed E-state index contributed by atoms with van der Waals surface area (Å²) in [6.07, 6.45) is 5.49. The molecule has 4 aromatic rings. The molecule has 0 bridgehead atoms. The van der Waals surface area contributed by atoms with Crippen molar-refractivity contribution in [2.24, 2.45) is 0 Å². The van der Waals surface area contributed by atoms with Crippen molar-refractivity contribution < 1.29 is 19.8 Å². The summed E-state index contributed by atoms with van der Waals surface area (Å²) in [6, 6.07) is 18.0. The van der Waals surface area contributed by atoms with Crippen molar-refractivity contribution in [3.05, 3.63) is 102 Å². The SMILES string of the molecule is O=C(O)c1ccc2c(c1)c([C@@H](C(=O)O)N1CCN(Cc3cccnc3)CC1)cn2Cc1ccccc1. The normalized spacial score (nSPS) is 15.7. The number of carbonyl (C=O) groups is 2. The Hall–Kier alpha value is -4.01. The Bertz CT molecular complexity index is 1360. The van der Waals surface area contributed by atoms with E-state index in [4.69, 9.17) is 0 Å². The second-order valence-electron chi connectivity index (χ2n) is 9.15. The first kappa shape index (κ1) is 23.7. The van der Waals surface area contributed by atoms with Gasteiger partial charge < -0.3 is 14.8 Å². The molecule has 1 saturated heterocycles. The molecular formula is C28H28N4O4. The molecule has 0 spiro atoms.